The molecule has 1 aromatic rings. The Kier molecular flexibility index (Phi) is 4.55. The van der Waals surface area contributed by atoms with Gasteiger partial charge < -0.3 is 15.4 Å². The minimum Gasteiger partial charge on any atom is -0.497 e. The Labute approximate surface area is 133 Å². The molecule has 2 N–H and O–H groups in total. The molecular formula is C18H27N3O. The summed E-state index contributed by atoms with van der Waals surface area (Å²) >= 11 is 0. The van der Waals surface area contributed by atoms with Crippen molar-refractivity contribution in [1.82, 2.24) is 4.90 Å². The third-order valence-electron chi connectivity index (χ3n) is 4.97. The van der Waals surface area contributed by atoms with Gasteiger partial charge in [0.1, 0.15) is 5.75 Å². The van der Waals surface area contributed by atoms with Gasteiger partial charge >= 0.3 is 0 Å². The predicted molar refractivity (Wildman–Crippen MR) is 90.4 cm³/mol. The molecule has 1 unspecified atom stereocenters. The minimum atomic E-state index is 0.383. The number of ether oxygens (including phenoxy) is 1. The van der Waals surface area contributed by atoms with Crippen LogP contribution in [0.1, 0.15) is 44.1 Å². The molecule has 22 heavy (non-hydrogen) atoms. The Balaban J connectivity index is 1.55. The van der Waals surface area contributed by atoms with E-state index in [9.17, 15) is 0 Å². The quantitative estimate of drug-likeness (QED) is 0.690. The molecule has 0 radical (unpaired) electrons. The lowest BCUT2D eigenvalue weighted by Gasteiger charge is -2.36. The summed E-state index contributed by atoms with van der Waals surface area (Å²) in [5.41, 5.74) is 7.56. The first-order valence-corrected chi connectivity index (χ1v) is 8.38. The third kappa shape index (κ3) is 3.37. The summed E-state index contributed by atoms with van der Waals surface area (Å²) < 4.78 is 5.30. The van der Waals surface area contributed by atoms with Crippen LogP contribution in [-0.4, -0.2) is 37.1 Å². The van der Waals surface area contributed by atoms with Gasteiger partial charge in [-0.2, -0.15) is 0 Å². The summed E-state index contributed by atoms with van der Waals surface area (Å²) in [6.45, 7) is 4.41. The lowest BCUT2D eigenvalue weighted by atomic mass is 9.76. The molecular weight excluding hydrogens is 274 g/mol. The maximum atomic E-state index is 6.21. The van der Waals surface area contributed by atoms with Crippen molar-refractivity contribution in [3.05, 3.63) is 29.8 Å². The standard InChI is InChI=1S/C18H27N3O/c1-13-5-4-8-21(12-13)18(19)20-16-9-15(10-16)14-6-3-7-17(11-14)22-2/h3,6-7,11,13,15-16H,4-5,8-10,12H2,1-2H3,(H2,19,20). The molecule has 1 saturated heterocycles. The second-order valence-electron chi connectivity index (χ2n) is 6.78. The number of hydrogen-bond acceptors (Lipinski definition) is 2. The van der Waals surface area contributed by atoms with E-state index in [0.717, 1.165) is 43.6 Å². The van der Waals surface area contributed by atoms with E-state index in [1.54, 1.807) is 7.11 Å². The van der Waals surface area contributed by atoms with Crippen LogP contribution in [0.4, 0.5) is 0 Å². The van der Waals surface area contributed by atoms with Crippen LogP contribution in [0.15, 0.2) is 29.3 Å². The molecule has 1 aromatic carbocycles. The Hall–Kier alpha value is -1.71. The molecule has 2 fully saturated rings. The normalized spacial score (nSPS) is 29.1. The fourth-order valence-electron chi connectivity index (χ4n) is 3.53. The molecule has 2 aliphatic rings. The number of nitrogens with zero attached hydrogens (tertiary/aromatic N) is 2. The maximum Gasteiger partial charge on any atom is 0.191 e. The topological polar surface area (TPSA) is 50.9 Å². The van der Waals surface area contributed by atoms with Crippen LogP contribution < -0.4 is 10.5 Å². The molecule has 120 valence electrons. The first-order valence-electron chi connectivity index (χ1n) is 8.38. The van der Waals surface area contributed by atoms with Gasteiger partial charge in [-0.05, 0) is 55.2 Å². The summed E-state index contributed by atoms with van der Waals surface area (Å²) in [7, 11) is 1.72. The predicted octanol–water partition coefficient (Wildman–Crippen LogP) is 2.99. The molecule has 4 nitrogen and oxygen atoms in total. The van der Waals surface area contributed by atoms with E-state index in [1.165, 1.54) is 18.4 Å². The first-order chi connectivity index (χ1) is 10.7. The summed E-state index contributed by atoms with van der Waals surface area (Å²) in [6, 6.07) is 8.76. The highest BCUT2D eigenvalue weighted by atomic mass is 16.5. The summed E-state index contributed by atoms with van der Waals surface area (Å²) in [4.78, 5) is 7.00. The highest BCUT2D eigenvalue weighted by Crippen LogP contribution is 2.39. The molecule has 1 aliphatic heterocycles. The molecule has 3 rings (SSSR count). The average molecular weight is 301 g/mol. The van der Waals surface area contributed by atoms with E-state index >= 15 is 0 Å². The lowest BCUT2D eigenvalue weighted by Crippen LogP contribution is -2.44. The molecule has 1 aliphatic carbocycles. The second kappa shape index (κ2) is 6.59. The Morgan fingerprint density at radius 2 is 2.18 bits per heavy atom. The molecule has 0 amide bonds. The van der Waals surface area contributed by atoms with Gasteiger partial charge in [-0.3, -0.25) is 0 Å². The molecule has 1 saturated carbocycles. The van der Waals surface area contributed by atoms with Gasteiger partial charge in [-0.25, -0.2) is 4.99 Å². The molecule has 1 atom stereocenters. The van der Waals surface area contributed by atoms with Crippen molar-refractivity contribution in [1.29, 1.82) is 0 Å². The van der Waals surface area contributed by atoms with Gasteiger partial charge in [-0.15, -0.1) is 0 Å². The van der Waals surface area contributed by atoms with E-state index in [2.05, 4.69) is 30.0 Å². The zero-order valence-corrected chi connectivity index (χ0v) is 13.7. The van der Waals surface area contributed by atoms with Crippen LogP contribution in [-0.2, 0) is 0 Å². The first kappa shape index (κ1) is 15.2. The Bertz CT molecular complexity index is 537. The van der Waals surface area contributed by atoms with E-state index < -0.39 is 0 Å². The van der Waals surface area contributed by atoms with Crippen molar-refractivity contribution in [2.24, 2.45) is 16.6 Å². The third-order valence-corrected chi connectivity index (χ3v) is 4.97. The smallest absolute Gasteiger partial charge is 0.191 e. The monoisotopic (exact) mass is 301 g/mol. The summed E-state index contributed by atoms with van der Waals surface area (Å²) in [6.07, 6.45) is 4.73. The van der Waals surface area contributed by atoms with Gasteiger partial charge in [0.2, 0.25) is 0 Å². The zero-order valence-electron chi connectivity index (χ0n) is 13.7. The van der Waals surface area contributed by atoms with E-state index in [0.29, 0.717) is 12.0 Å². The van der Waals surface area contributed by atoms with Crippen molar-refractivity contribution in [2.75, 3.05) is 20.2 Å². The van der Waals surface area contributed by atoms with Crippen LogP contribution in [0, 0.1) is 5.92 Å². The number of benzene rings is 1. The number of methoxy groups -OCH3 is 1. The minimum absolute atomic E-state index is 0.383. The van der Waals surface area contributed by atoms with Crippen molar-refractivity contribution in [3.63, 3.8) is 0 Å². The van der Waals surface area contributed by atoms with Crippen LogP contribution in [0.25, 0.3) is 0 Å². The van der Waals surface area contributed by atoms with Crippen LogP contribution >= 0.6 is 0 Å². The highest BCUT2D eigenvalue weighted by Gasteiger charge is 2.31. The Morgan fingerprint density at radius 3 is 2.91 bits per heavy atom. The number of hydrogen-bond donors (Lipinski definition) is 1. The van der Waals surface area contributed by atoms with E-state index in [4.69, 9.17) is 15.5 Å². The van der Waals surface area contributed by atoms with Crippen LogP contribution in [0.5, 0.6) is 5.75 Å². The van der Waals surface area contributed by atoms with Crippen molar-refractivity contribution in [3.8, 4) is 5.75 Å². The van der Waals surface area contributed by atoms with E-state index in [1.807, 2.05) is 6.07 Å². The fourth-order valence-corrected chi connectivity index (χ4v) is 3.53. The number of aliphatic imine (C=N–C) groups is 1. The average Bonchev–Trinajstić information content (AvgIpc) is 2.50. The highest BCUT2D eigenvalue weighted by molar-refractivity contribution is 5.78. The van der Waals surface area contributed by atoms with Crippen LogP contribution in [0.3, 0.4) is 0 Å². The summed E-state index contributed by atoms with van der Waals surface area (Å²) in [5, 5.41) is 0. The number of guanidine groups is 1. The fraction of sp³-hybridized carbons (Fsp3) is 0.611. The van der Waals surface area contributed by atoms with E-state index in [-0.39, 0.29) is 0 Å². The van der Waals surface area contributed by atoms with Gasteiger partial charge in [0.05, 0.1) is 13.2 Å². The second-order valence-corrected chi connectivity index (χ2v) is 6.78. The van der Waals surface area contributed by atoms with Crippen molar-refractivity contribution >= 4 is 5.96 Å². The molecule has 4 heteroatoms. The number of nitrogens with two attached hydrogens (primary N) is 1. The van der Waals surface area contributed by atoms with Crippen molar-refractivity contribution < 1.29 is 4.74 Å². The van der Waals surface area contributed by atoms with Crippen LogP contribution in [0.2, 0.25) is 0 Å². The zero-order chi connectivity index (χ0) is 15.5. The van der Waals surface area contributed by atoms with Gasteiger partial charge in [-0.1, -0.05) is 19.1 Å². The SMILES string of the molecule is COc1cccc(C2CC(N=C(N)N3CCCC(C)C3)C2)c1. The molecule has 0 aromatic heterocycles. The number of rotatable bonds is 3. The molecule has 0 bridgehead atoms. The number of piperidine rings is 1. The summed E-state index contributed by atoms with van der Waals surface area (Å²) in [5.74, 6) is 3.01. The Morgan fingerprint density at radius 1 is 1.36 bits per heavy atom. The van der Waals surface area contributed by atoms with Gasteiger partial charge in [0.25, 0.3) is 0 Å². The maximum absolute atomic E-state index is 6.21. The molecule has 0 spiro atoms. The van der Waals surface area contributed by atoms with Gasteiger partial charge in [0.15, 0.2) is 5.96 Å². The largest absolute Gasteiger partial charge is 0.497 e. The van der Waals surface area contributed by atoms with Gasteiger partial charge in [0, 0.05) is 13.1 Å². The number of likely N-dealkylation sites (tertiary alicyclic amines) is 1. The lowest BCUT2D eigenvalue weighted by molar-refractivity contribution is 0.265. The van der Waals surface area contributed by atoms with Crippen molar-refractivity contribution in [2.45, 2.75) is 44.6 Å². The molecule has 1 heterocycles.